The highest BCUT2D eigenvalue weighted by Crippen LogP contribution is 1.94. The van der Waals surface area contributed by atoms with Gasteiger partial charge in [-0.2, -0.15) is 5.10 Å². The highest BCUT2D eigenvalue weighted by Gasteiger charge is 2.00. The molecule has 0 aliphatic heterocycles. The molecule has 0 spiro atoms. The zero-order valence-electron chi connectivity index (χ0n) is 6.33. The number of hydrazine groups is 1. The summed E-state index contributed by atoms with van der Waals surface area (Å²) in [6.07, 6.45) is 0. The minimum Gasteiger partial charge on any atom is -0.296 e. The van der Waals surface area contributed by atoms with Crippen molar-refractivity contribution in [3.63, 3.8) is 0 Å². The maximum absolute atomic E-state index is 5.38. The summed E-state index contributed by atoms with van der Waals surface area (Å²) >= 11 is 0. The van der Waals surface area contributed by atoms with Gasteiger partial charge < -0.3 is 0 Å². The van der Waals surface area contributed by atoms with Crippen molar-refractivity contribution in [3.8, 4) is 0 Å². The lowest BCUT2D eigenvalue weighted by Gasteiger charge is -2.12. The Morgan fingerprint density at radius 2 is 2.10 bits per heavy atom. The van der Waals surface area contributed by atoms with Gasteiger partial charge in [-0.1, -0.05) is 6.58 Å². The molecule has 0 aliphatic carbocycles. The minimum absolute atomic E-state index is 0.537. The van der Waals surface area contributed by atoms with Crippen molar-refractivity contribution < 1.29 is 0 Å². The Morgan fingerprint density at radius 3 is 2.20 bits per heavy atom. The van der Waals surface area contributed by atoms with E-state index in [2.05, 4.69) is 23.5 Å². The minimum atomic E-state index is 0.537. The Labute approximate surface area is 60.7 Å². The molecule has 0 fully saturated rings. The van der Waals surface area contributed by atoms with Gasteiger partial charge in [-0.15, -0.1) is 5.10 Å². The van der Waals surface area contributed by atoms with Crippen molar-refractivity contribution in [1.82, 2.24) is 5.01 Å². The van der Waals surface area contributed by atoms with Crippen LogP contribution in [0.5, 0.6) is 0 Å². The molecular weight excluding hydrogens is 128 g/mol. The van der Waals surface area contributed by atoms with E-state index in [9.17, 15) is 0 Å². The fourth-order valence-electron chi connectivity index (χ4n) is 0.524. The molecule has 0 heterocycles. The van der Waals surface area contributed by atoms with Gasteiger partial charge >= 0.3 is 0 Å². The second-order valence-corrected chi connectivity index (χ2v) is 1.96. The van der Waals surface area contributed by atoms with Crippen molar-refractivity contribution in [2.24, 2.45) is 16.0 Å². The molecule has 0 unspecified atom stereocenters. The first-order chi connectivity index (χ1) is 4.59. The summed E-state index contributed by atoms with van der Waals surface area (Å²) < 4.78 is 0. The predicted molar refractivity (Wildman–Crippen MR) is 43.7 cm³/mol. The van der Waals surface area contributed by atoms with Crippen LogP contribution in [0.1, 0.15) is 6.92 Å². The van der Waals surface area contributed by atoms with E-state index in [1.54, 1.807) is 14.0 Å². The number of hydrogen-bond acceptors (Lipinski definition) is 3. The van der Waals surface area contributed by atoms with Crippen molar-refractivity contribution >= 4 is 12.6 Å². The second-order valence-electron chi connectivity index (χ2n) is 1.96. The van der Waals surface area contributed by atoms with E-state index in [4.69, 9.17) is 5.84 Å². The average molecular weight is 140 g/mol. The lowest BCUT2D eigenvalue weighted by atomic mass is 10.3. The number of nitrogens with zero attached hydrogens (tertiary/aromatic N) is 3. The molecule has 4 heteroatoms. The summed E-state index contributed by atoms with van der Waals surface area (Å²) in [4.78, 5) is 0. The Kier molecular flexibility index (Phi) is 3.35. The highest BCUT2D eigenvalue weighted by molar-refractivity contribution is 5.96. The fraction of sp³-hybridized carbons (Fsp3) is 0.333. The second kappa shape index (κ2) is 3.79. The van der Waals surface area contributed by atoms with Crippen LogP contribution in [0.4, 0.5) is 0 Å². The summed E-state index contributed by atoms with van der Waals surface area (Å²) in [7, 11) is 1.67. The molecule has 0 aliphatic rings. The maximum Gasteiger partial charge on any atom is 0.167 e. The quantitative estimate of drug-likeness (QED) is 0.261. The molecule has 0 saturated carbocycles. The molecule has 0 rings (SSSR count). The van der Waals surface area contributed by atoms with Crippen LogP contribution < -0.4 is 5.84 Å². The SMILES string of the molecule is C=N/N=C(/C(=C)C)N(C)N. The average Bonchev–Trinajstić information content (AvgIpc) is 1.81. The molecule has 0 bridgehead atoms. The maximum atomic E-state index is 5.38. The van der Waals surface area contributed by atoms with Crippen LogP contribution >= 0.6 is 0 Å². The van der Waals surface area contributed by atoms with Gasteiger partial charge in [0.15, 0.2) is 5.84 Å². The van der Waals surface area contributed by atoms with E-state index in [1.165, 1.54) is 5.01 Å². The topological polar surface area (TPSA) is 54.0 Å². The smallest absolute Gasteiger partial charge is 0.167 e. The number of likely N-dealkylation sites (N-methyl/N-ethyl adjacent to an activating group) is 1. The first-order valence-corrected chi connectivity index (χ1v) is 2.77. The van der Waals surface area contributed by atoms with Gasteiger partial charge in [0.2, 0.25) is 0 Å². The monoisotopic (exact) mass is 140 g/mol. The largest absolute Gasteiger partial charge is 0.296 e. The van der Waals surface area contributed by atoms with Crippen LogP contribution in [0.3, 0.4) is 0 Å². The molecule has 0 saturated heterocycles. The van der Waals surface area contributed by atoms with E-state index >= 15 is 0 Å². The predicted octanol–water partition coefficient (Wildman–Crippen LogP) is 0.382. The number of rotatable bonds is 2. The summed E-state index contributed by atoms with van der Waals surface area (Å²) in [6, 6.07) is 0. The first kappa shape index (κ1) is 8.84. The molecule has 0 aromatic heterocycles. The standard InChI is InChI=1S/C6H12N4/c1-5(2)6(9-8-3)10(4)7/h1,3,7H2,2,4H3/b9-6-. The van der Waals surface area contributed by atoms with Crippen molar-refractivity contribution in [3.05, 3.63) is 12.2 Å². The lowest BCUT2D eigenvalue weighted by Crippen LogP contribution is -2.33. The van der Waals surface area contributed by atoms with Gasteiger partial charge in [0.25, 0.3) is 0 Å². The van der Waals surface area contributed by atoms with Crippen LogP contribution in [-0.4, -0.2) is 24.6 Å². The Balaban J connectivity index is 4.41. The molecule has 0 amide bonds. The van der Waals surface area contributed by atoms with Crippen LogP contribution in [-0.2, 0) is 0 Å². The first-order valence-electron chi connectivity index (χ1n) is 2.77. The highest BCUT2D eigenvalue weighted by atomic mass is 15.4. The van der Waals surface area contributed by atoms with Crippen molar-refractivity contribution in [2.45, 2.75) is 6.92 Å². The van der Waals surface area contributed by atoms with Crippen LogP contribution in [0.2, 0.25) is 0 Å². The molecule has 10 heavy (non-hydrogen) atoms. The van der Waals surface area contributed by atoms with Gasteiger partial charge in [0.1, 0.15) is 0 Å². The fourth-order valence-corrected chi connectivity index (χ4v) is 0.524. The molecule has 0 radical (unpaired) electrons. The van der Waals surface area contributed by atoms with Gasteiger partial charge in [0.05, 0.1) is 0 Å². The Hall–Kier alpha value is -1.16. The summed E-state index contributed by atoms with van der Waals surface area (Å²) in [5.74, 6) is 5.91. The molecule has 4 nitrogen and oxygen atoms in total. The van der Waals surface area contributed by atoms with Crippen LogP contribution in [0.25, 0.3) is 0 Å². The Morgan fingerprint density at radius 1 is 1.60 bits per heavy atom. The Bertz CT molecular complexity index is 169. The van der Waals surface area contributed by atoms with Crippen LogP contribution in [0.15, 0.2) is 22.4 Å². The zero-order chi connectivity index (χ0) is 8.15. The third-order valence-electron chi connectivity index (χ3n) is 0.881. The molecule has 2 N–H and O–H groups in total. The van der Waals surface area contributed by atoms with Crippen molar-refractivity contribution in [2.75, 3.05) is 7.05 Å². The van der Waals surface area contributed by atoms with Gasteiger partial charge in [-0.3, -0.25) is 5.01 Å². The third kappa shape index (κ3) is 2.41. The number of amidine groups is 1. The van der Waals surface area contributed by atoms with Gasteiger partial charge in [-0.25, -0.2) is 5.84 Å². The number of hydrogen-bond donors (Lipinski definition) is 1. The summed E-state index contributed by atoms with van der Waals surface area (Å²) in [6.45, 7) is 8.66. The molecule has 0 aromatic carbocycles. The lowest BCUT2D eigenvalue weighted by molar-refractivity contribution is 0.536. The molecular formula is C6H12N4. The molecule has 0 aromatic rings. The van der Waals surface area contributed by atoms with Crippen molar-refractivity contribution in [1.29, 1.82) is 0 Å². The van der Waals surface area contributed by atoms with Gasteiger partial charge in [0, 0.05) is 13.8 Å². The molecule has 0 atom stereocenters. The van der Waals surface area contributed by atoms with E-state index in [0.717, 1.165) is 5.57 Å². The van der Waals surface area contributed by atoms with E-state index in [1.807, 2.05) is 0 Å². The summed E-state index contributed by atoms with van der Waals surface area (Å²) in [5, 5.41) is 8.33. The number of nitrogens with two attached hydrogens (primary N) is 1. The normalized spacial score (nSPS) is 10.9. The van der Waals surface area contributed by atoms with E-state index in [0.29, 0.717) is 5.84 Å². The molecule has 56 valence electrons. The van der Waals surface area contributed by atoms with E-state index < -0.39 is 0 Å². The third-order valence-corrected chi connectivity index (χ3v) is 0.881. The van der Waals surface area contributed by atoms with Crippen LogP contribution in [0, 0.1) is 0 Å². The zero-order valence-corrected chi connectivity index (χ0v) is 6.33. The van der Waals surface area contributed by atoms with E-state index in [-0.39, 0.29) is 0 Å². The van der Waals surface area contributed by atoms with Gasteiger partial charge in [-0.05, 0) is 12.5 Å². The summed E-state index contributed by atoms with van der Waals surface area (Å²) in [5.41, 5.74) is 0.761.